The number of carbonyl (C=O) groups excluding carboxylic acids is 2. The van der Waals surface area contributed by atoms with E-state index in [0.717, 1.165) is 29.7 Å². The summed E-state index contributed by atoms with van der Waals surface area (Å²) in [6, 6.07) is 6.39. The molecule has 0 spiro atoms. The number of methoxy groups -OCH3 is 1. The van der Waals surface area contributed by atoms with Gasteiger partial charge in [0, 0.05) is 23.2 Å². The van der Waals surface area contributed by atoms with Crippen LogP contribution in [0.25, 0.3) is 0 Å². The number of esters is 1. The van der Waals surface area contributed by atoms with Crippen LogP contribution in [0.2, 0.25) is 0 Å². The maximum atomic E-state index is 12.9. The molecule has 38 heavy (non-hydrogen) atoms. The summed E-state index contributed by atoms with van der Waals surface area (Å²) in [6.45, 7) is 8.85. The van der Waals surface area contributed by atoms with Crippen LogP contribution in [-0.4, -0.2) is 31.9 Å². The zero-order valence-corrected chi connectivity index (χ0v) is 24.7. The summed E-state index contributed by atoms with van der Waals surface area (Å²) < 4.78 is 10.4. The van der Waals surface area contributed by atoms with Crippen LogP contribution in [0, 0.1) is 12.8 Å². The summed E-state index contributed by atoms with van der Waals surface area (Å²) in [4.78, 5) is 28.6. The van der Waals surface area contributed by atoms with Crippen molar-refractivity contribution in [1.82, 2.24) is 0 Å². The smallest absolute Gasteiger partial charge is 0.336 e. The lowest BCUT2D eigenvalue weighted by molar-refractivity contribution is -0.136. The first-order valence-corrected chi connectivity index (χ1v) is 14.9. The molecule has 0 fully saturated rings. The molecule has 1 aromatic rings. The Morgan fingerprint density at radius 2 is 1.47 bits per heavy atom. The average Bonchev–Trinajstić information content (AvgIpc) is 2.90. The van der Waals surface area contributed by atoms with Crippen molar-refractivity contribution in [3.63, 3.8) is 0 Å². The second-order valence-electron chi connectivity index (χ2n) is 10.9. The maximum absolute atomic E-state index is 12.9. The van der Waals surface area contributed by atoms with Crippen molar-refractivity contribution in [2.24, 2.45) is 10.9 Å². The van der Waals surface area contributed by atoms with Gasteiger partial charge in [-0.15, -0.1) is 0 Å². The van der Waals surface area contributed by atoms with Gasteiger partial charge in [-0.2, -0.15) is 0 Å². The number of nitrogens with zero attached hydrogens (tertiary/aromatic N) is 1. The van der Waals surface area contributed by atoms with E-state index < -0.39 is 0 Å². The fourth-order valence-electron chi connectivity index (χ4n) is 5.90. The summed E-state index contributed by atoms with van der Waals surface area (Å²) in [5, 5.41) is 0. The molecule has 0 radical (unpaired) electrons. The van der Waals surface area contributed by atoms with Crippen LogP contribution in [0.4, 0.5) is 0 Å². The third-order valence-electron chi connectivity index (χ3n) is 8.01. The molecule has 0 bridgehead atoms. The molecule has 0 N–H and O–H groups in total. The van der Waals surface area contributed by atoms with Crippen molar-refractivity contribution >= 4 is 18.2 Å². The summed E-state index contributed by atoms with van der Waals surface area (Å²) in [7, 11) is 1.41. The molecule has 2 unspecified atom stereocenters. The topological polar surface area (TPSA) is 65.0 Å². The van der Waals surface area contributed by atoms with Crippen LogP contribution in [-0.2, 0) is 25.5 Å². The molecule has 0 amide bonds. The van der Waals surface area contributed by atoms with Gasteiger partial charge in [-0.1, -0.05) is 102 Å². The Hall–Kier alpha value is -2.43. The molecule has 212 valence electrons. The second kappa shape index (κ2) is 18.0. The van der Waals surface area contributed by atoms with Gasteiger partial charge in [0.2, 0.25) is 0 Å². The van der Waals surface area contributed by atoms with Crippen molar-refractivity contribution in [2.75, 3.05) is 13.7 Å². The van der Waals surface area contributed by atoms with Crippen molar-refractivity contribution < 1.29 is 19.1 Å². The molecule has 1 aliphatic heterocycles. The third kappa shape index (κ3) is 9.71. The fraction of sp³-hybridized carbons (Fsp3) is 0.667. The number of allylic oxidation sites excluding steroid dienone is 1. The van der Waals surface area contributed by atoms with Crippen molar-refractivity contribution in [3.8, 4) is 0 Å². The molecule has 1 heterocycles. The van der Waals surface area contributed by atoms with E-state index in [1.807, 2.05) is 13.8 Å². The van der Waals surface area contributed by atoms with E-state index in [1.54, 1.807) is 0 Å². The largest absolute Gasteiger partial charge is 0.467 e. The van der Waals surface area contributed by atoms with Crippen molar-refractivity contribution in [2.45, 2.75) is 124 Å². The fourth-order valence-corrected chi connectivity index (χ4v) is 5.90. The first-order valence-electron chi connectivity index (χ1n) is 14.9. The first-order chi connectivity index (χ1) is 18.5. The summed E-state index contributed by atoms with van der Waals surface area (Å²) >= 11 is 0. The molecule has 0 aliphatic carbocycles. The Morgan fingerprint density at radius 1 is 0.895 bits per heavy atom. The molecule has 0 saturated heterocycles. The lowest BCUT2D eigenvalue weighted by Gasteiger charge is -2.34. The molecular weight excluding hydrogens is 474 g/mol. The monoisotopic (exact) mass is 525 g/mol. The summed E-state index contributed by atoms with van der Waals surface area (Å²) in [5.41, 5.74) is 5.67. The second-order valence-corrected chi connectivity index (χ2v) is 10.9. The van der Waals surface area contributed by atoms with E-state index in [2.05, 4.69) is 37.0 Å². The van der Waals surface area contributed by atoms with Gasteiger partial charge in [0.1, 0.15) is 0 Å². The lowest BCUT2D eigenvalue weighted by atomic mass is 9.72. The van der Waals surface area contributed by atoms with Gasteiger partial charge in [-0.3, -0.25) is 9.79 Å². The van der Waals surface area contributed by atoms with Crippen LogP contribution in [0.1, 0.15) is 127 Å². The van der Waals surface area contributed by atoms with Gasteiger partial charge in [-0.25, -0.2) is 4.79 Å². The predicted octanol–water partition coefficient (Wildman–Crippen LogP) is 8.42. The molecule has 1 aromatic carbocycles. The maximum Gasteiger partial charge on any atom is 0.336 e. The standard InChI is InChI=1S/C33H51NO4/c1-6-7-8-9-10-11-12-13-14-15-16-17-18-21-28-22-19-20-25(2)30(28)32-29(23-38-24-35)26(3)34-27(4)31(32)33(36)37-5/h19-20,22,24,29,32H,6-18,21,23H2,1-5H3. The van der Waals surface area contributed by atoms with Crippen LogP contribution in [0.5, 0.6) is 0 Å². The minimum Gasteiger partial charge on any atom is -0.467 e. The molecule has 0 saturated carbocycles. The van der Waals surface area contributed by atoms with Crippen LogP contribution < -0.4 is 0 Å². The number of rotatable bonds is 19. The molecule has 0 aromatic heterocycles. The number of carbonyl (C=O) groups is 2. The van der Waals surface area contributed by atoms with E-state index >= 15 is 0 Å². The average molecular weight is 526 g/mol. The highest BCUT2D eigenvalue weighted by molar-refractivity contribution is 5.97. The highest BCUT2D eigenvalue weighted by Crippen LogP contribution is 2.42. The minimum atomic E-state index is -0.366. The van der Waals surface area contributed by atoms with Crippen LogP contribution in [0.3, 0.4) is 0 Å². The number of aliphatic imine (C=N–C) groups is 1. The summed E-state index contributed by atoms with van der Waals surface area (Å²) in [5.74, 6) is -0.822. The first kappa shape index (κ1) is 31.8. The van der Waals surface area contributed by atoms with Gasteiger partial charge in [0.25, 0.3) is 6.47 Å². The Morgan fingerprint density at radius 3 is 2.03 bits per heavy atom. The third-order valence-corrected chi connectivity index (χ3v) is 8.01. The van der Waals surface area contributed by atoms with Gasteiger partial charge in [0.15, 0.2) is 0 Å². The molecule has 1 aliphatic rings. The zero-order valence-electron chi connectivity index (χ0n) is 24.7. The number of benzene rings is 1. The summed E-state index contributed by atoms with van der Waals surface area (Å²) in [6.07, 6.45) is 18.3. The number of unbranched alkanes of at least 4 members (excludes halogenated alkanes) is 12. The Kier molecular flexibility index (Phi) is 15.0. The Balaban J connectivity index is 1.99. The van der Waals surface area contributed by atoms with E-state index in [-0.39, 0.29) is 24.4 Å². The number of aryl methyl sites for hydroxylation is 2. The predicted molar refractivity (Wildman–Crippen MR) is 157 cm³/mol. The number of ether oxygens (including phenoxy) is 2. The molecule has 5 nitrogen and oxygen atoms in total. The van der Waals surface area contributed by atoms with Crippen molar-refractivity contribution in [3.05, 3.63) is 46.2 Å². The lowest BCUT2D eigenvalue weighted by Crippen LogP contribution is -2.34. The van der Waals surface area contributed by atoms with E-state index in [0.29, 0.717) is 17.7 Å². The van der Waals surface area contributed by atoms with Crippen molar-refractivity contribution in [1.29, 1.82) is 0 Å². The molecule has 5 heteroatoms. The van der Waals surface area contributed by atoms with Gasteiger partial charge < -0.3 is 9.47 Å². The minimum absolute atomic E-state index is 0.184. The Labute approximate surface area is 231 Å². The highest BCUT2D eigenvalue weighted by Gasteiger charge is 2.39. The van der Waals surface area contributed by atoms with Crippen LogP contribution in [0.15, 0.2) is 34.5 Å². The van der Waals surface area contributed by atoms with Crippen LogP contribution >= 0.6 is 0 Å². The van der Waals surface area contributed by atoms with E-state index in [4.69, 9.17) is 9.47 Å². The highest BCUT2D eigenvalue weighted by atomic mass is 16.5. The molecule has 2 rings (SSSR count). The van der Waals surface area contributed by atoms with Gasteiger partial charge >= 0.3 is 5.97 Å². The Bertz CT molecular complexity index is 933. The molecule has 2 atom stereocenters. The number of hydrogen-bond acceptors (Lipinski definition) is 5. The number of hydrogen-bond donors (Lipinski definition) is 0. The molecular formula is C33H51NO4. The van der Waals surface area contributed by atoms with E-state index in [9.17, 15) is 9.59 Å². The van der Waals surface area contributed by atoms with Gasteiger partial charge in [-0.05, 0) is 50.3 Å². The normalized spacial score (nSPS) is 17.3. The SMILES string of the molecule is CCCCCCCCCCCCCCCc1cccc(C)c1C1C(C(=O)OC)=C(C)N=C(C)C1COC=O. The zero-order chi connectivity index (χ0) is 27.8. The quantitative estimate of drug-likeness (QED) is 0.103. The van der Waals surface area contributed by atoms with E-state index in [1.165, 1.54) is 89.7 Å². The van der Waals surface area contributed by atoms with Gasteiger partial charge in [0.05, 0.1) is 19.3 Å².